The molecule has 7 heteroatoms. The van der Waals surface area contributed by atoms with Crippen LogP contribution in [0, 0.1) is 12.3 Å². The van der Waals surface area contributed by atoms with Gasteiger partial charge < -0.3 is 18.9 Å². The maximum atomic E-state index is 12.9. The molecule has 0 heterocycles. The Bertz CT molecular complexity index is 1260. The molecule has 0 aliphatic rings. The number of amides is 1. The lowest BCUT2D eigenvalue weighted by molar-refractivity contribution is -0.151. The van der Waals surface area contributed by atoms with E-state index in [9.17, 15) is 9.59 Å². The molecule has 0 N–H and O–H groups in total. The summed E-state index contributed by atoms with van der Waals surface area (Å²) in [6, 6.07) is 19.9. The van der Waals surface area contributed by atoms with Crippen LogP contribution in [-0.4, -0.2) is 39.8 Å². The highest BCUT2D eigenvalue weighted by Crippen LogP contribution is 2.33. The van der Waals surface area contributed by atoms with Crippen LogP contribution in [-0.2, 0) is 20.9 Å². The van der Waals surface area contributed by atoms with Crippen LogP contribution in [0.3, 0.4) is 0 Å². The molecule has 36 heavy (non-hydrogen) atoms. The normalized spacial score (nSPS) is 10.4. The number of rotatable bonds is 9. The van der Waals surface area contributed by atoms with Gasteiger partial charge in [0.15, 0.2) is 0 Å². The molecule has 184 valence electrons. The highest BCUT2D eigenvalue weighted by Gasteiger charge is 2.26. The van der Waals surface area contributed by atoms with Gasteiger partial charge in [0, 0.05) is 17.3 Å². The van der Waals surface area contributed by atoms with Gasteiger partial charge in [0.25, 0.3) is 0 Å². The molecule has 1 amide bonds. The maximum Gasteiger partial charge on any atom is 0.397 e. The molecule has 0 spiro atoms. The van der Waals surface area contributed by atoms with Crippen molar-refractivity contribution >= 4 is 29.7 Å². The number of hydrogen-bond donors (Lipinski definition) is 0. The van der Waals surface area contributed by atoms with Gasteiger partial charge in [-0.3, -0.25) is 9.69 Å². The molecule has 0 aliphatic heterocycles. The van der Waals surface area contributed by atoms with Crippen molar-refractivity contribution < 1.29 is 28.5 Å². The number of esters is 1. The molecule has 3 aromatic rings. The molecular weight excluding hydrogens is 458 g/mol. The van der Waals surface area contributed by atoms with Crippen molar-refractivity contribution in [3.05, 3.63) is 83.4 Å². The van der Waals surface area contributed by atoms with Gasteiger partial charge in [0.05, 0.1) is 27.9 Å². The molecule has 0 fully saturated rings. The Hall–Kier alpha value is -4.70. The number of para-hydroxylation sites is 1. The summed E-state index contributed by atoms with van der Waals surface area (Å²) in [5, 5.41) is 0. The summed E-state index contributed by atoms with van der Waals surface area (Å²) in [6.45, 7) is 0.258. The fraction of sp³-hybridized carbons (Fsp3) is 0.172. The minimum Gasteiger partial charge on any atom is -0.497 e. The van der Waals surface area contributed by atoms with Crippen LogP contribution in [0.5, 0.6) is 17.2 Å². The summed E-state index contributed by atoms with van der Waals surface area (Å²) in [4.78, 5) is 26.5. The Labute approximate surface area is 210 Å². The lowest BCUT2D eigenvalue weighted by Gasteiger charge is -2.24. The second kappa shape index (κ2) is 12.7. The molecule has 7 nitrogen and oxygen atoms in total. The molecular formula is C29H27NO6. The number of carbonyl (C=O) groups is 2. The van der Waals surface area contributed by atoms with Gasteiger partial charge in [-0.2, -0.15) is 0 Å². The zero-order chi connectivity index (χ0) is 25.9. The van der Waals surface area contributed by atoms with Crippen LogP contribution >= 0.6 is 0 Å². The van der Waals surface area contributed by atoms with Crippen molar-refractivity contribution in [1.29, 1.82) is 0 Å². The number of ether oxygens (including phenoxy) is 4. The van der Waals surface area contributed by atoms with Crippen molar-refractivity contribution in [2.24, 2.45) is 0 Å². The number of terminal acetylenes is 1. The summed E-state index contributed by atoms with van der Waals surface area (Å²) < 4.78 is 21.2. The molecule has 0 atom stereocenters. The number of methoxy groups -OCH3 is 3. The second-order valence-electron chi connectivity index (χ2n) is 7.51. The molecule has 0 bridgehead atoms. The monoisotopic (exact) mass is 485 g/mol. The molecule has 0 saturated carbocycles. The van der Waals surface area contributed by atoms with Crippen LogP contribution < -0.4 is 19.1 Å². The summed E-state index contributed by atoms with van der Waals surface area (Å²) in [5.74, 6) is 2.44. The smallest absolute Gasteiger partial charge is 0.397 e. The van der Waals surface area contributed by atoms with Gasteiger partial charge in [-0.05, 0) is 41.5 Å². The zero-order valence-corrected chi connectivity index (χ0v) is 20.4. The van der Waals surface area contributed by atoms with Crippen LogP contribution in [0.15, 0.2) is 66.7 Å². The van der Waals surface area contributed by atoms with E-state index >= 15 is 0 Å². The lowest BCUT2D eigenvalue weighted by Crippen LogP contribution is -2.37. The van der Waals surface area contributed by atoms with Crippen molar-refractivity contribution in [2.45, 2.75) is 6.54 Å². The number of benzene rings is 3. The quantitative estimate of drug-likeness (QED) is 0.191. The van der Waals surface area contributed by atoms with E-state index in [0.29, 0.717) is 28.5 Å². The SMILES string of the molecule is C#CCOc1ccc(/C=C/c2cc(OC)cc(OC)c2CN(C(=O)C(=O)OC)c2ccccc2)cc1. The molecule has 0 radical (unpaired) electrons. The summed E-state index contributed by atoms with van der Waals surface area (Å²) in [5.41, 5.74) is 2.90. The highest BCUT2D eigenvalue weighted by atomic mass is 16.5. The summed E-state index contributed by atoms with van der Waals surface area (Å²) >= 11 is 0. The largest absolute Gasteiger partial charge is 0.497 e. The molecule has 0 aliphatic carbocycles. The maximum absolute atomic E-state index is 12.9. The number of carbonyl (C=O) groups excluding carboxylic acids is 2. The average molecular weight is 486 g/mol. The van der Waals surface area contributed by atoms with Gasteiger partial charge in [-0.25, -0.2) is 4.79 Å². The molecule has 0 aromatic heterocycles. The third-order valence-electron chi connectivity index (χ3n) is 5.32. The third kappa shape index (κ3) is 6.45. The van der Waals surface area contributed by atoms with Crippen LogP contribution in [0.1, 0.15) is 16.7 Å². The topological polar surface area (TPSA) is 74.3 Å². The van der Waals surface area contributed by atoms with Crippen LogP contribution in [0.25, 0.3) is 12.2 Å². The lowest BCUT2D eigenvalue weighted by atomic mass is 10.0. The average Bonchev–Trinajstić information content (AvgIpc) is 2.93. The van der Waals surface area contributed by atoms with Gasteiger partial charge in [0.2, 0.25) is 0 Å². The summed E-state index contributed by atoms with van der Waals surface area (Å²) in [6.07, 6.45) is 9.04. The van der Waals surface area contributed by atoms with Gasteiger partial charge in [-0.15, -0.1) is 6.42 Å². The molecule has 0 saturated heterocycles. The first kappa shape index (κ1) is 25.9. The van der Waals surface area contributed by atoms with Crippen LogP contribution in [0.4, 0.5) is 5.69 Å². The number of hydrogen-bond acceptors (Lipinski definition) is 6. The second-order valence-corrected chi connectivity index (χ2v) is 7.51. The number of anilines is 1. The Kier molecular flexibility index (Phi) is 9.12. The highest BCUT2D eigenvalue weighted by molar-refractivity contribution is 6.38. The Balaban J connectivity index is 2.02. The predicted molar refractivity (Wildman–Crippen MR) is 139 cm³/mol. The van der Waals surface area contributed by atoms with E-state index in [1.54, 1.807) is 37.4 Å². The first-order chi connectivity index (χ1) is 17.5. The van der Waals surface area contributed by atoms with E-state index in [2.05, 4.69) is 5.92 Å². The number of nitrogens with zero attached hydrogens (tertiary/aromatic N) is 1. The van der Waals surface area contributed by atoms with E-state index in [1.807, 2.05) is 48.6 Å². The predicted octanol–water partition coefficient (Wildman–Crippen LogP) is 4.59. The minimum atomic E-state index is -0.962. The fourth-order valence-electron chi connectivity index (χ4n) is 3.49. The summed E-state index contributed by atoms with van der Waals surface area (Å²) in [7, 11) is 4.28. The van der Waals surface area contributed by atoms with E-state index in [0.717, 1.165) is 11.1 Å². The Morgan fingerprint density at radius 1 is 0.917 bits per heavy atom. The van der Waals surface area contributed by atoms with Crippen molar-refractivity contribution in [3.63, 3.8) is 0 Å². The van der Waals surface area contributed by atoms with Gasteiger partial charge >= 0.3 is 11.9 Å². The Morgan fingerprint density at radius 2 is 1.64 bits per heavy atom. The van der Waals surface area contributed by atoms with Gasteiger partial charge in [0.1, 0.15) is 23.9 Å². The standard InChI is InChI=1S/C29H27NO6/c1-5-17-36-24-15-12-21(13-16-24)11-14-22-18-25(33-2)19-27(34-3)26(22)20-30(28(31)29(32)35-4)23-9-7-6-8-10-23/h1,6-16,18-19H,17,20H2,2-4H3/b14-11+. The molecule has 3 aromatic carbocycles. The van der Waals surface area contributed by atoms with Gasteiger partial charge in [-0.1, -0.05) is 48.4 Å². The van der Waals surface area contributed by atoms with Crippen molar-refractivity contribution in [3.8, 4) is 29.6 Å². The first-order valence-corrected chi connectivity index (χ1v) is 11.0. The third-order valence-corrected chi connectivity index (χ3v) is 5.32. The van der Waals surface area contributed by atoms with E-state index in [4.69, 9.17) is 25.4 Å². The first-order valence-electron chi connectivity index (χ1n) is 11.0. The van der Waals surface area contributed by atoms with Crippen molar-refractivity contribution in [2.75, 3.05) is 32.8 Å². The van der Waals surface area contributed by atoms with E-state index in [1.165, 1.54) is 19.1 Å². The molecule has 0 unspecified atom stereocenters. The minimum absolute atomic E-state index is 0.0592. The fourth-order valence-corrected chi connectivity index (χ4v) is 3.49. The Morgan fingerprint density at radius 3 is 2.25 bits per heavy atom. The van der Waals surface area contributed by atoms with E-state index < -0.39 is 11.9 Å². The zero-order valence-electron chi connectivity index (χ0n) is 20.4. The van der Waals surface area contributed by atoms with Crippen molar-refractivity contribution in [1.82, 2.24) is 0 Å². The van der Waals surface area contributed by atoms with Crippen LogP contribution in [0.2, 0.25) is 0 Å². The van der Waals surface area contributed by atoms with E-state index in [-0.39, 0.29) is 13.2 Å². The molecule has 3 rings (SSSR count).